The minimum Gasteiger partial charge on any atom is -0.467 e. The van der Waals surface area contributed by atoms with E-state index in [4.69, 9.17) is 9.25 Å². The molecule has 2 saturated heterocycles. The van der Waals surface area contributed by atoms with Crippen LogP contribution in [0.5, 0.6) is 0 Å². The summed E-state index contributed by atoms with van der Waals surface area (Å²) in [5, 5.41) is 6.92. The number of hydrogen-bond acceptors (Lipinski definition) is 6. The van der Waals surface area contributed by atoms with E-state index in [1.54, 1.807) is 6.26 Å². The van der Waals surface area contributed by atoms with E-state index in [0.717, 1.165) is 38.4 Å². The molecule has 1 unspecified atom stereocenters. The van der Waals surface area contributed by atoms with Crippen molar-refractivity contribution in [3.8, 4) is 0 Å². The van der Waals surface area contributed by atoms with E-state index < -0.39 is 0 Å². The molecule has 4 heterocycles. The Kier molecular flexibility index (Phi) is 4.76. The van der Waals surface area contributed by atoms with Gasteiger partial charge in [-0.15, -0.1) is 0 Å². The Labute approximate surface area is 148 Å². The van der Waals surface area contributed by atoms with Gasteiger partial charge in [0.25, 0.3) is 5.91 Å². The number of carbonyl (C=O) groups excluding carboxylic acids is 1. The second kappa shape index (κ2) is 7.17. The molecule has 136 valence electrons. The van der Waals surface area contributed by atoms with Gasteiger partial charge in [-0.25, -0.2) is 0 Å². The Bertz CT molecular complexity index is 624. The zero-order valence-electron chi connectivity index (χ0n) is 14.6. The van der Waals surface area contributed by atoms with Crippen molar-refractivity contribution in [1.82, 2.24) is 15.1 Å². The molecule has 1 aromatic rings. The summed E-state index contributed by atoms with van der Waals surface area (Å²) in [7, 11) is 0. The van der Waals surface area contributed by atoms with Crippen molar-refractivity contribution in [3.05, 3.63) is 24.2 Å². The second-order valence-corrected chi connectivity index (χ2v) is 7.33. The number of hydrogen-bond donors (Lipinski definition) is 1. The first-order valence-corrected chi connectivity index (χ1v) is 9.23. The van der Waals surface area contributed by atoms with Gasteiger partial charge in [0.2, 0.25) is 0 Å². The lowest BCUT2D eigenvalue weighted by molar-refractivity contribution is -0.115. The molecule has 0 saturated carbocycles. The summed E-state index contributed by atoms with van der Waals surface area (Å²) in [6, 6.07) is 3.64. The van der Waals surface area contributed by atoms with Gasteiger partial charge in [-0.2, -0.15) is 0 Å². The van der Waals surface area contributed by atoms with Gasteiger partial charge in [-0.05, 0) is 38.1 Å². The Hall–Kier alpha value is -1.86. The summed E-state index contributed by atoms with van der Waals surface area (Å²) in [5.41, 5.74) is 0.190. The van der Waals surface area contributed by atoms with Crippen LogP contribution in [0.15, 0.2) is 28.0 Å². The van der Waals surface area contributed by atoms with Crippen LogP contribution in [0.3, 0.4) is 0 Å². The van der Waals surface area contributed by atoms with E-state index in [9.17, 15) is 4.79 Å². The van der Waals surface area contributed by atoms with Crippen molar-refractivity contribution in [2.24, 2.45) is 5.16 Å². The van der Waals surface area contributed by atoms with Gasteiger partial charge in [-0.1, -0.05) is 5.16 Å². The highest BCUT2D eigenvalue weighted by molar-refractivity contribution is 6.39. The molecule has 1 spiro atoms. The molecular weight excluding hydrogens is 320 g/mol. The third-order valence-corrected chi connectivity index (χ3v) is 5.43. The number of amides is 1. The van der Waals surface area contributed by atoms with Gasteiger partial charge in [0.15, 0.2) is 5.60 Å². The maximum Gasteiger partial charge on any atom is 0.269 e. The fourth-order valence-electron chi connectivity index (χ4n) is 3.95. The molecule has 0 radical (unpaired) electrons. The van der Waals surface area contributed by atoms with Crippen molar-refractivity contribution >= 4 is 11.6 Å². The Morgan fingerprint density at radius 3 is 2.88 bits per heavy atom. The maximum atomic E-state index is 12.3. The quantitative estimate of drug-likeness (QED) is 0.838. The summed E-state index contributed by atoms with van der Waals surface area (Å²) >= 11 is 0. The van der Waals surface area contributed by atoms with Gasteiger partial charge >= 0.3 is 0 Å². The molecule has 0 bridgehead atoms. The Balaban J connectivity index is 1.23. The molecule has 7 nitrogen and oxygen atoms in total. The van der Waals surface area contributed by atoms with E-state index in [0.29, 0.717) is 18.7 Å². The molecular formula is C18H26N4O3. The van der Waals surface area contributed by atoms with Gasteiger partial charge in [0.05, 0.1) is 12.8 Å². The summed E-state index contributed by atoms with van der Waals surface area (Å²) in [4.78, 5) is 23.0. The Morgan fingerprint density at radius 2 is 2.08 bits per heavy atom. The largest absolute Gasteiger partial charge is 0.467 e. The predicted molar refractivity (Wildman–Crippen MR) is 93.2 cm³/mol. The van der Waals surface area contributed by atoms with Crippen LogP contribution in [0, 0.1) is 0 Å². The first-order valence-electron chi connectivity index (χ1n) is 9.23. The van der Waals surface area contributed by atoms with Crippen molar-refractivity contribution < 1.29 is 14.0 Å². The van der Waals surface area contributed by atoms with Gasteiger partial charge in [0, 0.05) is 39.0 Å². The van der Waals surface area contributed by atoms with Gasteiger partial charge in [0.1, 0.15) is 11.5 Å². The van der Waals surface area contributed by atoms with Crippen molar-refractivity contribution in [3.63, 3.8) is 0 Å². The first-order chi connectivity index (χ1) is 12.2. The lowest BCUT2D eigenvalue weighted by Crippen LogP contribution is -2.38. The van der Waals surface area contributed by atoms with E-state index in [2.05, 4.69) is 20.3 Å². The highest BCUT2D eigenvalue weighted by Gasteiger charge is 2.46. The summed E-state index contributed by atoms with van der Waals surface area (Å²) < 4.78 is 5.23. The van der Waals surface area contributed by atoms with Crippen LogP contribution in [-0.2, 0) is 16.2 Å². The average molecular weight is 346 g/mol. The SMILES string of the molecule is O=C(NCc1ccco1)C1=NOC2(CCN(CCN3CCCC3)C2)C1. The van der Waals surface area contributed by atoms with Crippen LogP contribution in [0.2, 0.25) is 0 Å². The number of carbonyl (C=O) groups is 1. The third-order valence-electron chi connectivity index (χ3n) is 5.43. The minimum atomic E-state index is -0.303. The smallest absolute Gasteiger partial charge is 0.269 e. The molecule has 1 amide bonds. The van der Waals surface area contributed by atoms with Crippen LogP contribution >= 0.6 is 0 Å². The number of rotatable bonds is 6. The molecule has 1 atom stereocenters. The van der Waals surface area contributed by atoms with E-state index in [1.165, 1.54) is 25.9 Å². The number of nitrogens with zero attached hydrogens (tertiary/aromatic N) is 3. The number of oxime groups is 1. The van der Waals surface area contributed by atoms with Crippen molar-refractivity contribution in [1.29, 1.82) is 0 Å². The van der Waals surface area contributed by atoms with E-state index in [-0.39, 0.29) is 11.5 Å². The first kappa shape index (κ1) is 16.6. The molecule has 4 rings (SSSR count). The lowest BCUT2D eigenvalue weighted by Gasteiger charge is -2.23. The highest BCUT2D eigenvalue weighted by Crippen LogP contribution is 2.33. The lowest BCUT2D eigenvalue weighted by atomic mass is 9.96. The van der Waals surface area contributed by atoms with Gasteiger partial charge < -0.3 is 19.5 Å². The number of furan rings is 1. The van der Waals surface area contributed by atoms with Crippen LogP contribution in [0.1, 0.15) is 31.4 Å². The molecule has 7 heteroatoms. The fraction of sp³-hybridized carbons (Fsp3) is 0.667. The zero-order chi connectivity index (χ0) is 17.1. The molecule has 3 aliphatic heterocycles. The van der Waals surface area contributed by atoms with Crippen LogP contribution in [-0.4, -0.2) is 66.3 Å². The molecule has 0 aliphatic carbocycles. The van der Waals surface area contributed by atoms with E-state index in [1.807, 2.05) is 12.1 Å². The normalized spacial score (nSPS) is 27.0. The zero-order valence-corrected chi connectivity index (χ0v) is 14.6. The fourth-order valence-corrected chi connectivity index (χ4v) is 3.95. The standard InChI is InChI=1S/C18H26N4O3/c23-17(19-13-15-4-3-11-24-15)16-12-18(25-20-16)5-8-22(14-18)10-9-21-6-1-2-7-21/h3-4,11H,1-2,5-10,12-14H2,(H,19,23). The summed E-state index contributed by atoms with van der Waals surface area (Å²) in [6.45, 7) is 6.93. The Morgan fingerprint density at radius 1 is 1.24 bits per heavy atom. The second-order valence-electron chi connectivity index (χ2n) is 7.33. The topological polar surface area (TPSA) is 70.3 Å². The third kappa shape index (κ3) is 3.88. The van der Waals surface area contributed by atoms with Crippen LogP contribution in [0.25, 0.3) is 0 Å². The minimum absolute atomic E-state index is 0.163. The highest BCUT2D eigenvalue weighted by atomic mass is 16.7. The summed E-state index contributed by atoms with van der Waals surface area (Å²) in [5.74, 6) is 0.570. The molecule has 3 aliphatic rings. The maximum absolute atomic E-state index is 12.3. The number of likely N-dealkylation sites (tertiary alicyclic amines) is 2. The molecule has 2 fully saturated rings. The summed E-state index contributed by atoms with van der Waals surface area (Å²) in [6.07, 6.45) is 5.79. The molecule has 1 N–H and O–H groups in total. The monoisotopic (exact) mass is 346 g/mol. The predicted octanol–water partition coefficient (Wildman–Crippen LogP) is 1.21. The number of nitrogens with one attached hydrogen (secondary N) is 1. The van der Waals surface area contributed by atoms with E-state index >= 15 is 0 Å². The molecule has 0 aromatic carbocycles. The van der Waals surface area contributed by atoms with Crippen LogP contribution < -0.4 is 5.32 Å². The average Bonchev–Trinajstić information content (AvgIpc) is 3.41. The molecule has 25 heavy (non-hydrogen) atoms. The van der Waals surface area contributed by atoms with Crippen molar-refractivity contribution in [2.45, 2.75) is 37.8 Å². The van der Waals surface area contributed by atoms with Crippen LogP contribution in [0.4, 0.5) is 0 Å². The van der Waals surface area contributed by atoms with Gasteiger partial charge in [-0.3, -0.25) is 9.69 Å². The molecule has 1 aromatic heterocycles. The van der Waals surface area contributed by atoms with Crippen molar-refractivity contribution in [2.75, 3.05) is 39.3 Å².